The Hall–Kier alpha value is -5.78. The lowest BCUT2D eigenvalue weighted by molar-refractivity contribution is -0.136. The summed E-state index contributed by atoms with van der Waals surface area (Å²) in [5.74, 6) is -1.22. The molecule has 4 aromatic rings. The summed E-state index contributed by atoms with van der Waals surface area (Å²) >= 11 is 1.53. The number of rotatable bonds is 9. The minimum absolute atomic E-state index is 0.0351. The van der Waals surface area contributed by atoms with E-state index in [1.807, 2.05) is 17.0 Å². The summed E-state index contributed by atoms with van der Waals surface area (Å²) in [6, 6.07) is 16.6. The van der Waals surface area contributed by atoms with E-state index in [-0.39, 0.29) is 35.7 Å². The maximum absolute atomic E-state index is 14.1. The van der Waals surface area contributed by atoms with E-state index >= 15 is 0 Å². The summed E-state index contributed by atoms with van der Waals surface area (Å²) in [7, 11) is 0. The number of piperazine rings is 1. The summed E-state index contributed by atoms with van der Waals surface area (Å²) in [5, 5.41) is 12.6. The van der Waals surface area contributed by atoms with Crippen LogP contribution in [0.4, 0.5) is 5.69 Å². The number of anilines is 1. The highest BCUT2D eigenvalue weighted by Crippen LogP contribution is 2.46. The number of aromatic amines is 1. The van der Waals surface area contributed by atoms with Crippen LogP contribution in [-0.2, 0) is 26.2 Å². The van der Waals surface area contributed by atoms with Crippen molar-refractivity contribution in [2.45, 2.75) is 88.1 Å². The Labute approximate surface area is 358 Å². The number of hydrogen-bond donors (Lipinski definition) is 2. The number of imide groups is 2. The van der Waals surface area contributed by atoms with Crippen LogP contribution in [-0.4, -0.2) is 112 Å². The fourth-order valence-corrected chi connectivity index (χ4v) is 11.0. The zero-order valence-corrected chi connectivity index (χ0v) is 35.6. The highest BCUT2D eigenvalue weighted by atomic mass is 32.2. The number of nitriles is 1. The van der Waals surface area contributed by atoms with Gasteiger partial charge < -0.3 is 14.8 Å². The third-order valence-corrected chi connectivity index (χ3v) is 14.6. The number of aryl methyl sites for hydroxylation is 1. The number of carbonyl (C=O) groups is 6. The largest absolute Gasteiger partial charge is 0.371 e. The second kappa shape index (κ2) is 15.9. The molecule has 0 saturated carbocycles. The van der Waals surface area contributed by atoms with Gasteiger partial charge in [-0.2, -0.15) is 5.26 Å². The lowest BCUT2D eigenvalue weighted by Crippen LogP contribution is -2.54. The molecule has 14 heteroatoms. The minimum atomic E-state index is -0.996. The van der Waals surface area contributed by atoms with Gasteiger partial charge in [0.05, 0.1) is 28.3 Å². The van der Waals surface area contributed by atoms with Gasteiger partial charge in [0, 0.05) is 96.3 Å². The van der Waals surface area contributed by atoms with E-state index in [2.05, 4.69) is 59.1 Å². The van der Waals surface area contributed by atoms with Crippen molar-refractivity contribution in [3.05, 3.63) is 93.2 Å². The van der Waals surface area contributed by atoms with Crippen LogP contribution in [0, 0.1) is 11.3 Å². The van der Waals surface area contributed by atoms with Gasteiger partial charge in [-0.05, 0) is 91.4 Å². The Morgan fingerprint density at radius 3 is 2.36 bits per heavy atom. The SMILES string of the molecule is CCc1cc2c(cc1N1CCC(N3CCN(C(=O)CCCSc4ccc5c(c4)C(=O)N(C4CCC(=O)NC4=O)C5=O)CC3)CC1)C(C)(C)c1[nH]c3cc(C#N)ccc3c1C2=O. The van der Waals surface area contributed by atoms with E-state index in [1.54, 1.807) is 24.3 Å². The monoisotopic (exact) mass is 839 g/mol. The highest BCUT2D eigenvalue weighted by molar-refractivity contribution is 7.99. The molecule has 314 valence electrons. The number of thioether (sulfide) groups is 1. The van der Waals surface area contributed by atoms with Crippen LogP contribution in [0.2, 0.25) is 0 Å². The van der Waals surface area contributed by atoms with Crippen LogP contribution in [0.15, 0.2) is 53.4 Å². The molecule has 0 radical (unpaired) electrons. The lowest BCUT2D eigenvalue weighted by Gasteiger charge is -2.44. The predicted molar refractivity (Wildman–Crippen MR) is 231 cm³/mol. The maximum Gasteiger partial charge on any atom is 0.262 e. The average Bonchev–Trinajstić information content (AvgIpc) is 3.78. The Kier molecular flexibility index (Phi) is 10.6. The molecule has 5 aliphatic rings. The van der Waals surface area contributed by atoms with E-state index in [9.17, 15) is 34.0 Å². The Bertz CT molecular complexity index is 2570. The summed E-state index contributed by atoms with van der Waals surface area (Å²) in [5.41, 5.74) is 7.25. The van der Waals surface area contributed by atoms with Crippen molar-refractivity contribution < 1.29 is 28.8 Å². The molecule has 4 aliphatic heterocycles. The quantitative estimate of drug-likeness (QED) is 0.124. The van der Waals surface area contributed by atoms with Crippen molar-refractivity contribution in [2.24, 2.45) is 0 Å². The molecule has 1 aromatic heterocycles. The van der Waals surface area contributed by atoms with E-state index in [1.165, 1.54) is 23.0 Å². The first-order chi connectivity index (χ1) is 29.4. The topological polar surface area (TPSA) is 167 Å². The molecule has 3 aromatic carbocycles. The number of aromatic nitrogens is 1. The molecule has 3 saturated heterocycles. The van der Waals surface area contributed by atoms with Crippen LogP contribution in [0.5, 0.6) is 0 Å². The first-order valence-electron chi connectivity index (χ1n) is 21.4. The molecule has 0 spiro atoms. The number of piperidine rings is 2. The fourth-order valence-electron chi connectivity index (χ4n) is 10.1. The number of carbonyl (C=O) groups excluding carboxylic acids is 6. The molecular weight excluding hydrogens is 791 g/mol. The molecule has 13 nitrogen and oxygen atoms in total. The van der Waals surface area contributed by atoms with Crippen molar-refractivity contribution >= 4 is 63.7 Å². The number of ketones is 1. The number of benzene rings is 3. The van der Waals surface area contributed by atoms with Gasteiger partial charge in [0.25, 0.3) is 11.8 Å². The third-order valence-electron chi connectivity index (χ3n) is 13.5. The van der Waals surface area contributed by atoms with Crippen LogP contribution >= 0.6 is 11.8 Å². The van der Waals surface area contributed by atoms with Crippen molar-refractivity contribution in [1.29, 1.82) is 5.26 Å². The Morgan fingerprint density at radius 1 is 0.885 bits per heavy atom. The predicted octanol–water partition coefficient (Wildman–Crippen LogP) is 5.56. The van der Waals surface area contributed by atoms with Crippen LogP contribution < -0.4 is 10.2 Å². The van der Waals surface area contributed by atoms with Crippen LogP contribution in [0.3, 0.4) is 0 Å². The second-order valence-electron chi connectivity index (χ2n) is 17.3. The van der Waals surface area contributed by atoms with Gasteiger partial charge in [-0.3, -0.25) is 43.9 Å². The number of amides is 5. The summed E-state index contributed by atoms with van der Waals surface area (Å²) < 4.78 is 0. The van der Waals surface area contributed by atoms with Gasteiger partial charge in [-0.1, -0.05) is 26.8 Å². The second-order valence-corrected chi connectivity index (χ2v) is 18.5. The smallest absolute Gasteiger partial charge is 0.262 e. The molecule has 3 fully saturated rings. The van der Waals surface area contributed by atoms with Crippen LogP contribution in [0.25, 0.3) is 10.9 Å². The first kappa shape index (κ1) is 40.6. The number of H-pyrrole nitrogens is 1. The summed E-state index contributed by atoms with van der Waals surface area (Å²) in [4.78, 5) is 89.9. The zero-order chi connectivity index (χ0) is 42.7. The van der Waals surface area contributed by atoms with Gasteiger partial charge >= 0.3 is 0 Å². The van der Waals surface area contributed by atoms with E-state index < -0.39 is 35.1 Å². The number of hydrogen-bond acceptors (Lipinski definition) is 10. The third kappa shape index (κ3) is 7.11. The molecule has 1 aliphatic carbocycles. The molecule has 2 N–H and O–H groups in total. The maximum atomic E-state index is 14.1. The van der Waals surface area contributed by atoms with E-state index in [0.717, 1.165) is 83.0 Å². The molecule has 1 unspecified atom stereocenters. The highest BCUT2D eigenvalue weighted by Gasteiger charge is 2.45. The molecule has 9 rings (SSSR count). The molecule has 0 bridgehead atoms. The minimum Gasteiger partial charge on any atom is -0.371 e. The van der Waals surface area contributed by atoms with Gasteiger partial charge in [0.15, 0.2) is 5.78 Å². The number of nitrogens with zero attached hydrogens (tertiary/aromatic N) is 5. The zero-order valence-electron chi connectivity index (χ0n) is 34.8. The van der Waals surface area contributed by atoms with E-state index in [0.29, 0.717) is 48.9 Å². The van der Waals surface area contributed by atoms with Crippen molar-refractivity contribution in [3.8, 4) is 6.07 Å². The molecule has 5 amide bonds. The van der Waals surface area contributed by atoms with Gasteiger partial charge in [-0.15, -0.1) is 11.8 Å². The van der Waals surface area contributed by atoms with Gasteiger partial charge in [0.2, 0.25) is 17.7 Å². The van der Waals surface area contributed by atoms with Crippen molar-refractivity contribution in [2.75, 3.05) is 49.9 Å². The number of fused-ring (bicyclic) bond motifs is 5. The standard InChI is InChI=1S/C47H49N7O6S/c1-4-28-23-34-35(47(2,3)43-41(42(34)57)32-9-7-27(26-48)22-36(32)49-43)25-38(28)52-15-13-29(14-16-52)51-17-19-53(20-18-51)40(56)6-5-21-61-30-8-10-31-33(24-30)46(60)54(45(31)59)37-11-12-39(55)50-44(37)58/h7-10,22-25,29,37,49H,4-6,11-21H2,1-3H3,(H,50,55,58). The van der Waals surface area contributed by atoms with Gasteiger partial charge in [-0.25, -0.2) is 0 Å². The van der Waals surface area contributed by atoms with Crippen molar-refractivity contribution in [1.82, 2.24) is 25.0 Å². The van der Waals surface area contributed by atoms with Crippen LogP contribution in [0.1, 0.15) is 118 Å². The van der Waals surface area contributed by atoms with E-state index in [4.69, 9.17) is 0 Å². The number of nitrogens with one attached hydrogen (secondary N) is 2. The normalized spacial score (nSPS) is 20.5. The summed E-state index contributed by atoms with van der Waals surface area (Å²) in [6.45, 7) is 11.5. The Balaban J connectivity index is 0.758. The summed E-state index contributed by atoms with van der Waals surface area (Å²) in [6.07, 6.45) is 4.17. The van der Waals surface area contributed by atoms with Gasteiger partial charge in [0.1, 0.15) is 6.04 Å². The molecular formula is C47H49N7O6S. The fraction of sp³-hybridized carbons (Fsp3) is 0.426. The molecule has 5 heterocycles. The molecule has 61 heavy (non-hydrogen) atoms. The molecule has 1 atom stereocenters. The Morgan fingerprint density at radius 2 is 1.64 bits per heavy atom. The average molecular weight is 840 g/mol. The first-order valence-corrected chi connectivity index (χ1v) is 22.4. The lowest BCUT2D eigenvalue weighted by atomic mass is 9.70. The van der Waals surface area contributed by atoms with Crippen molar-refractivity contribution in [3.63, 3.8) is 0 Å².